The summed E-state index contributed by atoms with van der Waals surface area (Å²) >= 11 is 3.36. The molecule has 2 rings (SSSR count). The highest BCUT2D eigenvalue weighted by atomic mass is 79.9. The number of halogens is 1. The predicted molar refractivity (Wildman–Crippen MR) is 87.2 cm³/mol. The molecular weight excluding hydrogens is 332 g/mol. The summed E-state index contributed by atoms with van der Waals surface area (Å²) in [6.45, 7) is 4.58. The number of aryl methyl sites for hydroxylation is 1. The third-order valence-electron chi connectivity index (χ3n) is 3.49. The van der Waals surface area contributed by atoms with Gasteiger partial charge in [-0.2, -0.15) is 0 Å². The fourth-order valence-electron chi connectivity index (χ4n) is 2.32. The Morgan fingerprint density at radius 2 is 2.00 bits per heavy atom. The zero-order valence-corrected chi connectivity index (χ0v) is 13.6. The predicted octanol–water partition coefficient (Wildman–Crippen LogP) is 4.52. The van der Waals surface area contributed by atoms with Gasteiger partial charge in [-0.3, -0.25) is 10.1 Å². The molecule has 1 N–H and O–H groups in total. The Balaban J connectivity index is 2.15. The molecule has 0 bridgehead atoms. The average Bonchev–Trinajstić information content (AvgIpc) is 2.45. The lowest BCUT2D eigenvalue weighted by Crippen LogP contribution is -2.19. The number of nitrogens with one attached hydrogen (secondary N) is 1. The van der Waals surface area contributed by atoms with Crippen molar-refractivity contribution in [1.82, 2.24) is 5.32 Å². The van der Waals surface area contributed by atoms with Gasteiger partial charge in [-0.25, -0.2) is 0 Å². The van der Waals surface area contributed by atoms with Crippen molar-refractivity contribution in [2.75, 3.05) is 0 Å². The Bertz CT molecular complexity index is 658. The van der Waals surface area contributed by atoms with Crippen LogP contribution in [0.5, 0.6) is 0 Å². The van der Waals surface area contributed by atoms with Crippen LogP contribution in [0.4, 0.5) is 5.69 Å². The van der Waals surface area contributed by atoms with Crippen LogP contribution in [0.2, 0.25) is 0 Å². The van der Waals surface area contributed by atoms with Gasteiger partial charge >= 0.3 is 0 Å². The molecule has 4 nitrogen and oxygen atoms in total. The van der Waals surface area contributed by atoms with Gasteiger partial charge in [0.15, 0.2) is 0 Å². The molecule has 0 spiro atoms. The molecule has 0 aliphatic heterocycles. The highest BCUT2D eigenvalue weighted by molar-refractivity contribution is 9.10. The minimum atomic E-state index is -0.345. The van der Waals surface area contributed by atoms with Crippen molar-refractivity contribution < 1.29 is 4.92 Å². The van der Waals surface area contributed by atoms with Gasteiger partial charge in [0, 0.05) is 28.7 Å². The van der Waals surface area contributed by atoms with Crippen LogP contribution in [0, 0.1) is 17.0 Å². The van der Waals surface area contributed by atoms with Crippen LogP contribution >= 0.6 is 15.9 Å². The number of hydrogen-bond acceptors (Lipinski definition) is 3. The Labute approximate surface area is 132 Å². The van der Waals surface area contributed by atoms with E-state index >= 15 is 0 Å². The minimum absolute atomic E-state index is 0.129. The molecule has 2 aromatic rings. The van der Waals surface area contributed by atoms with Crippen molar-refractivity contribution in [2.24, 2.45) is 0 Å². The molecule has 0 radical (unpaired) electrons. The first-order valence-corrected chi connectivity index (χ1v) is 7.50. The van der Waals surface area contributed by atoms with Crippen LogP contribution in [0.1, 0.15) is 29.7 Å². The largest absolute Gasteiger partial charge is 0.306 e. The summed E-state index contributed by atoms with van der Waals surface area (Å²) in [6.07, 6.45) is 0. The van der Waals surface area contributed by atoms with Crippen LogP contribution in [-0.2, 0) is 6.54 Å². The zero-order chi connectivity index (χ0) is 15.4. The Morgan fingerprint density at radius 3 is 2.67 bits per heavy atom. The van der Waals surface area contributed by atoms with Crippen LogP contribution < -0.4 is 5.32 Å². The summed E-state index contributed by atoms with van der Waals surface area (Å²) in [6, 6.07) is 13.3. The van der Waals surface area contributed by atoms with Crippen molar-refractivity contribution in [1.29, 1.82) is 0 Å². The van der Waals surface area contributed by atoms with Gasteiger partial charge in [0.1, 0.15) is 0 Å². The van der Waals surface area contributed by atoms with Crippen molar-refractivity contribution in [3.05, 3.63) is 73.7 Å². The highest BCUT2D eigenvalue weighted by Gasteiger charge is 2.15. The molecule has 0 aromatic heterocycles. The Morgan fingerprint density at radius 1 is 1.29 bits per heavy atom. The molecule has 1 atom stereocenters. The molecule has 21 heavy (non-hydrogen) atoms. The number of nitro groups is 1. The van der Waals surface area contributed by atoms with E-state index in [2.05, 4.69) is 47.2 Å². The second kappa shape index (κ2) is 6.83. The fourth-order valence-corrected chi connectivity index (χ4v) is 2.73. The summed E-state index contributed by atoms with van der Waals surface area (Å²) in [7, 11) is 0. The summed E-state index contributed by atoms with van der Waals surface area (Å²) in [4.78, 5) is 10.7. The lowest BCUT2D eigenvalue weighted by Gasteiger charge is -2.16. The van der Waals surface area contributed by atoms with E-state index in [0.717, 1.165) is 4.47 Å². The maximum atomic E-state index is 11.1. The molecule has 2 aromatic carbocycles. The number of hydrogen-bond donors (Lipinski definition) is 1. The summed E-state index contributed by atoms with van der Waals surface area (Å²) in [5.74, 6) is 0. The van der Waals surface area contributed by atoms with Gasteiger partial charge in [0.2, 0.25) is 0 Å². The lowest BCUT2D eigenvalue weighted by molar-refractivity contribution is -0.385. The van der Waals surface area contributed by atoms with Crippen LogP contribution in [0.15, 0.2) is 46.9 Å². The maximum Gasteiger partial charge on any atom is 0.273 e. The number of nitro benzene ring substituents is 1. The standard InChI is InChI=1S/C16H17BrN2O2/c1-11-5-3-4-6-15(11)12(2)18-10-13-9-14(17)7-8-16(13)19(20)21/h3-9,12,18H,10H2,1-2H3/t12-/m0/s1. The third kappa shape index (κ3) is 3.89. The summed E-state index contributed by atoms with van der Waals surface area (Å²) in [5, 5.41) is 14.4. The SMILES string of the molecule is Cc1ccccc1[C@H](C)NCc1cc(Br)ccc1[N+](=O)[O-]. The summed E-state index contributed by atoms with van der Waals surface area (Å²) in [5.41, 5.74) is 3.23. The molecule has 0 heterocycles. The van der Waals surface area contributed by atoms with E-state index in [1.807, 2.05) is 12.1 Å². The third-order valence-corrected chi connectivity index (χ3v) is 3.99. The van der Waals surface area contributed by atoms with E-state index in [4.69, 9.17) is 0 Å². The topological polar surface area (TPSA) is 55.2 Å². The molecule has 110 valence electrons. The first-order valence-electron chi connectivity index (χ1n) is 6.70. The first-order chi connectivity index (χ1) is 9.99. The molecule has 0 amide bonds. The number of nitrogens with zero attached hydrogens (tertiary/aromatic N) is 1. The van der Waals surface area contributed by atoms with E-state index in [-0.39, 0.29) is 16.7 Å². The van der Waals surface area contributed by atoms with Crippen LogP contribution in [0.3, 0.4) is 0 Å². The van der Waals surface area contributed by atoms with Gasteiger partial charge < -0.3 is 5.32 Å². The fraction of sp³-hybridized carbons (Fsp3) is 0.250. The average molecular weight is 349 g/mol. The summed E-state index contributed by atoms with van der Waals surface area (Å²) < 4.78 is 0.841. The van der Waals surface area contributed by atoms with Crippen LogP contribution in [-0.4, -0.2) is 4.92 Å². The molecule has 0 aliphatic carbocycles. The maximum absolute atomic E-state index is 11.1. The molecule has 0 unspecified atom stereocenters. The van der Waals surface area contributed by atoms with E-state index in [9.17, 15) is 10.1 Å². The lowest BCUT2D eigenvalue weighted by atomic mass is 10.0. The van der Waals surface area contributed by atoms with Gasteiger partial charge in [0.05, 0.1) is 4.92 Å². The molecule has 0 saturated carbocycles. The molecule has 0 aliphatic rings. The first kappa shape index (κ1) is 15.7. The second-order valence-electron chi connectivity index (χ2n) is 4.99. The van der Waals surface area contributed by atoms with Crippen LogP contribution in [0.25, 0.3) is 0 Å². The van der Waals surface area contributed by atoms with Gasteiger partial charge in [0.25, 0.3) is 5.69 Å². The van der Waals surface area contributed by atoms with Gasteiger partial charge in [-0.05, 0) is 37.1 Å². The highest BCUT2D eigenvalue weighted by Crippen LogP contribution is 2.24. The van der Waals surface area contributed by atoms with Crippen molar-refractivity contribution in [3.8, 4) is 0 Å². The van der Waals surface area contributed by atoms with E-state index in [1.165, 1.54) is 17.2 Å². The molecular formula is C16H17BrN2O2. The minimum Gasteiger partial charge on any atom is -0.306 e. The smallest absolute Gasteiger partial charge is 0.273 e. The molecule has 0 fully saturated rings. The van der Waals surface area contributed by atoms with E-state index < -0.39 is 0 Å². The Kier molecular flexibility index (Phi) is 5.09. The normalized spacial score (nSPS) is 12.1. The van der Waals surface area contributed by atoms with Crippen molar-refractivity contribution in [3.63, 3.8) is 0 Å². The van der Waals surface area contributed by atoms with Crippen molar-refractivity contribution >= 4 is 21.6 Å². The van der Waals surface area contributed by atoms with E-state index in [1.54, 1.807) is 12.1 Å². The monoisotopic (exact) mass is 348 g/mol. The van der Waals surface area contributed by atoms with Gasteiger partial charge in [-0.1, -0.05) is 40.2 Å². The van der Waals surface area contributed by atoms with E-state index in [0.29, 0.717) is 12.1 Å². The number of rotatable bonds is 5. The molecule has 5 heteroatoms. The van der Waals surface area contributed by atoms with Crippen molar-refractivity contribution in [2.45, 2.75) is 26.4 Å². The zero-order valence-electron chi connectivity index (χ0n) is 12.0. The molecule has 0 saturated heterocycles. The Hall–Kier alpha value is -1.72. The second-order valence-corrected chi connectivity index (χ2v) is 5.90. The number of benzene rings is 2. The van der Waals surface area contributed by atoms with Gasteiger partial charge in [-0.15, -0.1) is 0 Å². The quantitative estimate of drug-likeness (QED) is 0.638.